The van der Waals surface area contributed by atoms with E-state index >= 15 is 0 Å². The van der Waals surface area contributed by atoms with Crippen LogP contribution >= 0.6 is 0 Å². The average molecular weight is 282 g/mol. The van der Waals surface area contributed by atoms with Crippen LogP contribution in [-0.4, -0.2) is 21.0 Å². The summed E-state index contributed by atoms with van der Waals surface area (Å²) in [5, 5.41) is -0.611. The summed E-state index contributed by atoms with van der Waals surface area (Å²) in [7, 11) is -1.26. The molecule has 0 aliphatic carbocycles. The van der Waals surface area contributed by atoms with Crippen molar-refractivity contribution in [3.05, 3.63) is 35.4 Å². The molecule has 3 nitrogen and oxygen atoms in total. The number of carbonyl (C=O) groups is 1. The molecule has 0 radical (unpaired) electrons. The van der Waals surface area contributed by atoms with E-state index < -0.39 is 27.6 Å². The predicted molar refractivity (Wildman–Crippen MR) is 78.3 cm³/mol. The zero-order valence-corrected chi connectivity index (χ0v) is 13.0. The second-order valence-corrected chi connectivity index (χ2v) is 7.45. The van der Waals surface area contributed by atoms with E-state index in [1.165, 1.54) is 0 Å². The van der Waals surface area contributed by atoms with E-state index in [1.54, 1.807) is 27.7 Å². The molecule has 19 heavy (non-hydrogen) atoms. The smallest absolute Gasteiger partial charge is 0.321 e. The lowest BCUT2D eigenvalue weighted by Crippen LogP contribution is -2.33. The Kier molecular flexibility index (Phi) is 5.29. The van der Waals surface area contributed by atoms with Gasteiger partial charge < -0.3 is 4.74 Å². The molecular formula is C15H22O3S. The van der Waals surface area contributed by atoms with Crippen LogP contribution in [0, 0.1) is 6.92 Å². The van der Waals surface area contributed by atoms with Crippen LogP contribution in [0.1, 0.15) is 38.8 Å². The van der Waals surface area contributed by atoms with Gasteiger partial charge in [0, 0.05) is 16.6 Å². The fraction of sp³-hybridized carbons (Fsp3) is 0.533. The third-order valence-corrected chi connectivity index (χ3v) is 4.12. The molecule has 0 spiro atoms. The Morgan fingerprint density at radius 2 is 2.00 bits per heavy atom. The lowest BCUT2D eigenvalue weighted by Gasteiger charge is -2.22. The first-order valence-electron chi connectivity index (χ1n) is 6.34. The zero-order chi connectivity index (χ0) is 14.6. The summed E-state index contributed by atoms with van der Waals surface area (Å²) in [4.78, 5) is 11.8. The number of aryl methyl sites for hydroxylation is 1. The highest BCUT2D eigenvalue weighted by Crippen LogP contribution is 2.14. The van der Waals surface area contributed by atoms with Gasteiger partial charge in [-0.25, -0.2) is 0 Å². The Morgan fingerprint density at radius 3 is 2.53 bits per heavy atom. The second-order valence-electron chi connectivity index (χ2n) is 5.69. The summed E-state index contributed by atoms with van der Waals surface area (Å²) in [5.74, 6) is -0.0271. The van der Waals surface area contributed by atoms with Crippen LogP contribution in [-0.2, 0) is 26.1 Å². The number of carbonyl (C=O) groups excluding carboxylic acids is 1. The first-order valence-corrected chi connectivity index (χ1v) is 7.73. The molecule has 0 saturated heterocycles. The maximum atomic E-state index is 12.2. The van der Waals surface area contributed by atoms with Crippen molar-refractivity contribution in [2.24, 2.45) is 0 Å². The highest BCUT2D eigenvalue weighted by molar-refractivity contribution is 7.85. The SMILES string of the molecule is Cc1cccc(CS(=O)C(C)C(=O)OC(C)(C)C)c1. The first kappa shape index (κ1) is 15.9. The number of hydrogen-bond donors (Lipinski definition) is 0. The predicted octanol–water partition coefficient (Wildman–Crippen LogP) is 2.97. The zero-order valence-electron chi connectivity index (χ0n) is 12.2. The maximum Gasteiger partial charge on any atom is 0.321 e. The van der Waals surface area contributed by atoms with Crippen LogP contribution in [0.4, 0.5) is 0 Å². The van der Waals surface area contributed by atoms with Crippen LogP contribution in [0.5, 0.6) is 0 Å². The summed E-state index contributed by atoms with van der Waals surface area (Å²) >= 11 is 0. The van der Waals surface area contributed by atoms with Gasteiger partial charge in [-0.3, -0.25) is 9.00 Å². The van der Waals surface area contributed by atoms with E-state index in [1.807, 2.05) is 31.2 Å². The van der Waals surface area contributed by atoms with Gasteiger partial charge in [-0.05, 0) is 40.2 Å². The lowest BCUT2D eigenvalue weighted by molar-refractivity contribution is -0.153. The van der Waals surface area contributed by atoms with Crippen molar-refractivity contribution in [2.45, 2.75) is 51.2 Å². The molecule has 0 aliphatic heterocycles. The Labute approximate surface area is 117 Å². The lowest BCUT2D eigenvalue weighted by atomic mass is 10.2. The molecule has 0 bridgehead atoms. The molecule has 106 valence electrons. The first-order chi connectivity index (χ1) is 8.69. The van der Waals surface area contributed by atoms with Gasteiger partial charge in [-0.2, -0.15) is 0 Å². The van der Waals surface area contributed by atoms with E-state index in [2.05, 4.69) is 0 Å². The van der Waals surface area contributed by atoms with Gasteiger partial charge in [-0.1, -0.05) is 29.8 Å². The van der Waals surface area contributed by atoms with E-state index in [0.717, 1.165) is 11.1 Å². The Balaban J connectivity index is 2.65. The van der Waals surface area contributed by atoms with Crippen LogP contribution in [0.3, 0.4) is 0 Å². The molecule has 2 atom stereocenters. The van der Waals surface area contributed by atoms with Crippen LogP contribution < -0.4 is 0 Å². The Hall–Kier alpha value is -1.16. The summed E-state index contributed by atoms with van der Waals surface area (Å²) in [6, 6.07) is 7.83. The van der Waals surface area contributed by atoms with Crippen LogP contribution in [0.15, 0.2) is 24.3 Å². The van der Waals surface area contributed by atoms with Crippen molar-refractivity contribution in [1.82, 2.24) is 0 Å². The van der Waals surface area contributed by atoms with Crippen molar-refractivity contribution in [2.75, 3.05) is 0 Å². The van der Waals surface area contributed by atoms with Gasteiger partial charge in [0.05, 0.1) is 0 Å². The highest BCUT2D eigenvalue weighted by atomic mass is 32.2. The maximum absolute atomic E-state index is 12.2. The molecule has 1 aromatic rings. The third kappa shape index (κ3) is 5.55. The molecule has 0 saturated carbocycles. The number of benzene rings is 1. The minimum absolute atomic E-state index is 0.377. The molecule has 0 aromatic heterocycles. The Morgan fingerprint density at radius 1 is 1.37 bits per heavy atom. The normalized spacial score (nSPS) is 14.8. The number of hydrogen-bond acceptors (Lipinski definition) is 3. The molecule has 2 unspecified atom stereocenters. The topological polar surface area (TPSA) is 43.4 Å². The molecule has 0 amide bonds. The Bertz CT molecular complexity index is 475. The minimum atomic E-state index is -1.26. The molecule has 4 heteroatoms. The van der Waals surface area contributed by atoms with Crippen molar-refractivity contribution in [3.63, 3.8) is 0 Å². The summed E-state index contributed by atoms with van der Waals surface area (Å²) in [6.45, 7) is 9.06. The fourth-order valence-corrected chi connectivity index (χ4v) is 2.60. The third-order valence-electron chi connectivity index (χ3n) is 2.52. The minimum Gasteiger partial charge on any atom is -0.459 e. The van der Waals surface area contributed by atoms with Gasteiger partial charge in [0.25, 0.3) is 0 Å². The van der Waals surface area contributed by atoms with Crippen molar-refractivity contribution >= 4 is 16.8 Å². The largest absolute Gasteiger partial charge is 0.459 e. The fourth-order valence-electron chi connectivity index (χ4n) is 1.58. The van der Waals surface area contributed by atoms with Gasteiger partial charge >= 0.3 is 5.97 Å². The molecule has 1 rings (SSSR count). The number of rotatable bonds is 4. The molecular weight excluding hydrogens is 260 g/mol. The van der Waals surface area contributed by atoms with E-state index in [9.17, 15) is 9.00 Å². The van der Waals surface area contributed by atoms with Crippen LogP contribution in [0.25, 0.3) is 0 Å². The molecule has 0 fully saturated rings. The molecule has 0 heterocycles. The molecule has 0 N–H and O–H groups in total. The van der Waals surface area contributed by atoms with Gasteiger partial charge in [0.1, 0.15) is 10.9 Å². The summed E-state index contributed by atoms with van der Waals surface area (Å²) in [6.07, 6.45) is 0. The highest BCUT2D eigenvalue weighted by Gasteiger charge is 2.26. The standard InChI is InChI=1S/C15H22O3S/c1-11-7-6-8-13(9-11)10-19(17)12(2)14(16)18-15(3,4)5/h6-9,12H,10H2,1-5H3. The summed E-state index contributed by atoms with van der Waals surface area (Å²) in [5.41, 5.74) is 1.56. The monoisotopic (exact) mass is 282 g/mol. The quantitative estimate of drug-likeness (QED) is 0.797. The van der Waals surface area contributed by atoms with Gasteiger partial charge in [0.15, 0.2) is 0 Å². The number of esters is 1. The average Bonchev–Trinajstić information content (AvgIpc) is 2.25. The van der Waals surface area contributed by atoms with Gasteiger partial charge in [0.2, 0.25) is 0 Å². The van der Waals surface area contributed by atoms with Crippen molar-refractivity contribution in [3.8, 4) is 0 Å². The van der Waals surface area contributed by atoms with Crippen molar-refractivity contribution in [1.29, 1.82) is 0 Å². The second kappa shape index (κ2) is 6.33. The van der Waals surface area contributed by atoms with Gasteiger partial charge in [-0.15, -0.1) is 0 Å². The van der Waals surface area contributed by atoms with E-state index in [4.69, 9.17) is 4.74 Å². The van der Waals surface area contributed by atoms with Crippen LogP contribution in [0.2, 0.25) is 0 Å². The number of ether oxygens (including phenoxy) is 1. The molecule has 1 aromatic carbocycles. The summed E-state index contributed by atoms with van der Waals surface area (Å²) < 4.78 is 17.4. The van der Waals surface area contributed by atoms with Crippen molar-refractivity contribution < 1.29 is 13.7 Å². The van der Waals surface area contributed by atoms with E-state index in [-0.39, 0.29) is 0 Å². The molecule has 0 aliphatic rings. The van der Waals surface area contributed by atoms with E-state index in [0.29, 0.717) is 5.75 Å².